The third kappa shape index (κ3) is 3.47. The minimum absolute atomic E-state index is 0.0951. The van der Waals surface area contributed by atoms with E-state index in [1.165, 1.54) is 4.90 Å². The number of ether oxygens (including phenoxy) is 2. The number of carbonyl (C=O) groups is 2. The van der Waals surface area contributed by atoms with Crippen LogP contribution in [0.3, 0.4) is 0 Å². The molecule has 118 valence electrons. The zero-order valence-electron chi connectivity index (χ0n) is 12.1. The van der Waals surface area contributed by atoms with E-state index in [1.807, 2.05) is 54.6 Å². The zero-order chi connectivity index (χ0) is 16.2. The monoisotopic (exact) mass is 423 g/mol. The number of carbonyl (C=O) groups excluding carboxylic acids is 2. The fraction of sp³-hybridized carbons (Fsp3) is 0.176. The highest BCUT2D eigenvalue weighted by Gasteiger charge is 2.40. The molecule has 0 saturated carbocycles. The molecule has 1 unspecified atom stereocenters. The van der Waals surface area contributed by atoms with Crippen molar-refractivity contribution < 1.29 is 19.1 Å². The third-order valence-corrected chi connectivity index (χ3v) is 4.50. The molecular formula is C17H14INO4. The van der Waals surface area contributed by atoms with E-state index in [0.29, 0.717) is 0 Å². The average Bonchev–Trinajstić information content (AvgIpc) is 2.96. The maximum absolute atomic E-state index is 12.3. The normalized spacial score (nSPS) is 17.0. The van der Waals surface area contributed by atoms with E-state index in [2.05, 4.69) is 22.6 Å². The lowest BCUT2D eigenvalue weighted by Gasteiger charge is -2.20. The summed E-state index contributed by atoms with van der Waals surface area (Å²) in [7, 11) is 0. The molecule has 2 aromatic rings. The van der Waals surface area contributed by atoms with E-state index in [-0.39, 0.29) is 13.3 Å². The molecule has 3 rings (SSSR count). The summed E-state index contributed by atoms with van der Waals surface area (Å²) in [6.45, 7) is 0.0606. The second-order valence-electron chi connectivity index (χ2n) is 5.03. The van der Waals surface area contributed by atoms with Gasteiger partial charge in [0.05, 0.1) is 0 Å². The van der Waals surface area contributed by atoms with Gasteiger partial charge in [-0.3, -0.25) is 4.90 Å². The summed E-state index contributed by atoms with van der Waals surface area (Å²) >= 11 is 2.14. The number of cyclic esters (lactones) is 1. The first-order chi connectivity index (χ1) is 11.2. The molecule has 1 fully saturated rings. The Kier molecular flexibility index (Phi) is 4.80. The molecule has 1 amide bonds. The Labute approximate surface area is 147 Å². The maximum Gasteiger partial charge on any atom is 0.413 e. The second kappa shape index (κ2) is 6.99. The van der Waals surface area contributed by atoms with Crippen molar-refractivity contribution in [2.45, 2.75) is 12.6 Å². The Bertz CT molecular complexity index is 720. The molecule has 0 spiro atoms. The van der Waals surface area contributed by atoms with Crippen molar-refractivity contribution in [3.8, 4) is 0 Å². The van der Waals surface area contributed by atoms with Gasteiger partial charge in [0.1, 0.15) is 6.61 Å². The predicted molar refractivity (Wildman–Crippen MR) is 91.3 cm³/mol. The number of hydrogen-bond donors (Lipinski definition) is 0. The zero-order valence-corrected chi connectivity index (χ0v) is 14.3. The van der Waals surface area contributed by atoms with Gasteiger partial charge in [-0.1, -0.05) is 48.5 Å². The summed E-state index contributed by atoms with van der Waals surface area (Å²) < 4.78 is 11.2. The van der Waals surface area contributed by atoms with Gasteiger partial charge in [0, 0.05) is 3.57 Å². The lowest BCUT2D eigenvalue weighted by molar-refractivity contribution is -0.139. The SMILES string of the molecule is O=C1OCN(C(=O)OCc2ccccc2)C1c1ccccc1I. The molecule has 1 aliphatic rings. The van der Waals surface area contributed by atoms with Crippen molar-refractivity contribution in [1.82, 2.24) is 4.90 Å². The van der Waals surface area contributed by atoms with Crippen molar-refractivity contribution in [3.05, 3.63) is 69.3 Å². The Morgan fingerprint density at radius 1 is 1.17 bits per heavy atom. The Morgan fingerprint density at radius 3 is 2.61 bits per heavy atom. The van der Waals surface area contributed by atoms with E-state index in [0.717, 1.165) is 14.7 Å². The average molecular weight is 423 g/mol. The van der Waals surface area contributed by atoms with E-state index in [9.17, 15) is 9.59 Å². The van der Waals surface area contributed by atoms with Crippen LogP contribution in [0.15, 0.2) is 54.6 Å². The summed E-state index contributed by atoms with van der Waals surface area (Å²) in [4.78, 5) is 25.7. The second-order valence-corrected chi connectivity index (χ2v) is 6.19. The number of rotatable bonds is 3. The van der Waals surface area contributed by atoms with Gasteiger partial charge in [0.2, 0.25) is 0 Å². The van der Waals surface area contributed by atoms with Gasteiger partial charge in [0.15, 0.2) is 12.8 Å². The minimum atomic E-state index is -0.758. The van der Waals surface area contributed by atoms with Gasteiger partial charge < -0.3 is 9.47 Å². The molecule has 1 saturated heterocycles. The molecule has 1 atom stereocenters. The molecule has 1 aliphatic heterocycles. The van der Waals surface area contributed by atoms with Gasteiger partial charge in [-0.25, -0.2) is 9.59 Å². The number of benzene rings is 2. The van der Waals surface area contributed by atoms with Crippen molar-refractivity contribution in [1.29, 1.82) is 0 Å². The molecular weight excluding hydrogens is 409 g/mol. The van der Waals surface area contributed by atoms with Crippen LogP contribution in [0.2, 0.25) is 0 Å². The van der Waals surface area contributed by atoms with Gasteiger partial charge in [-0.2, -0.15) is 0 Å². The molecule has 0 N–H and O–H groups in total. The molecule has 6 heteroatoms. The van der Waals surface area contributed by atoms with Gasteiger partial charge in [0.25, 0.3) is 0 Å². The van der Waals surface area contributed by atoms with Crippen molar-refractivity contribution >= 4 is 34.7 Å². The maximum atomic E-state index is 12.3. The predicted octanol–water partition coefficient (Wildman–Crippen LogP) is 3.49. The standard InChI is InChI=1S/C17H14INO4/c18-14-9-5-4-8-13(14)15-16(20)23-11-19(15)17(21)22-10-12-6-2-1-3-7-12/h1-9,15H,10-11H2. The fourth-order valence-corrected chi connectivity index (χ4v) is 3.05. The van der Waals surface area contributed by atoms with Crippen LogP contribution < -0.4 is 0 Å². The summed E-state index contributed by atoms with van der Waals surface area (Å²) in [6.07, 6.45) is -0.565. The number of halogens is 1. The quantitative estimate of drug-likeness (QED) is 0.561. The van der Waals surface area contributed by atoms with Gasteiger partial charge >= 0.3 is 12.1 Å². The highest BCUT2D eigenvalue weighted by molar-refractivity contribution is 14.1. The van der Waals surface area contributed by atoms with Crippen molar-refractivity contribution in [2.75, 3.05) is 6.73 Å². The highest BCUT2D eigenvalue weighted by Crippen LogP contribution is 2.31. The number of amides is 1. The summed E-state index contributed by atoms with van der Waals surface area (Å²) in [5, 5.41) is 0. The first-order valence-corrected chi connectivity index (χ1v) is 8.13. The van der Waals surface area contributed by atoms with Crippen LogP contribution in [-0.4, -0.2) is 23.7 Å². The molecule has 23 heavy (non-hydrogen) atoms. The van der Waals surface area contributed by atoms with E-state index in [1.54, 1.807) is 0 Å². The Hall–Kier alpha value is -2.09. The summed E-state index contributed by atoms with van der Waals surface area (Å²) in [5.74, 6) is -0.439. The van der Waals surface area contributed by atoms with E-state index < -0.39 is 18.1 Å². The third-order valence-electron chi connectivity index (χ3n) is 3.52. The first-order valence-electron chi connectivity index (χ1n) is 7.05. The molecule has 2 aromatic carbocycles. The van der Waals surface area contributed by atoms with E-state index >= 15 is 0 Å². The largest absolute Gasteiger partial charge is 0.444 e. The number of esters is 1. The van der Waals surface area contributed by atoms with Crippen molar-refractivity contribution in [3.63, 3.8) is 0 Å². The fourth-order valence-electron chi connectivity index (χ4n) is 2.37. The van der Waals surface area contributed by atoms with Crippen LogP contribution in [-0.2, 0) is 20.9 Å². The Morgan fingerprint density at radius 2 is 1.87 bits per heavy atom. The highest BCUT2D eigenvalue weighted by atomic mass is 127. The van der Waals surface area contributed by atoms with Crippen LogP contribution in [0.1, 0.15) is 17.2 Å². The smallest absolute Gasteiger partial charge is 0.413 e. The molecule has 0 aliphatic carbocycles. The molecule has 0 radical (unpaired) electrons. The van der Waals surface area contributed by atoms with Crippen LogP contribution >= 0.6 is 22.6 Å². The van der Waals surface area contributed by atoms with Gasteiger partial charge in [-0.05, 0) is 39.8 Å². The Balaban J connectivity index is 1.74. The molecule has 0 aromatic heterocycles. The van der Waals surface area contributed by atoms with Crippen LogP contribution in [0.4, 0.5) is 4.79 Å². The van der Waals surface area contributed by atoms with Crippen LogP contribution in [0.25, 0.3) is 0 Å². The lowest BCUT2D eigenvalue weighted by atomic mass is 10.1. The number of hydrogen-bond acceptors (Lipinski definition) is 4. The van der Waals surface area contributed by atoms with E-state index in [4.69, 9.17) is 9.47 Å². The molecule has 1 heterocycles. The van der Waals surface area contributed by atoms with Gasteiger partial charge in [-0.15, -0.1) is 0 Å². The molecule has 5 nitrogen and oxygen atoms in total. The minimum Gasteiger partial charge on any atom is -0.444 e. The lowest BCUT2D eigenvalue weighted by Crippen LogP contribution is -2.33. The molecule has 0 bridgehead atoms. The van der Waals surface area contributed by atoms with Crippen molar-refractivity contribution in [2.24, 2.45) is 0 Å². The topological polar surface area (TPSA) is 55.8 Å². The summed E-state index contributed by atoms with van der Waals surface area (Å²) in [6, 6.07) is 16.0. The van der Waals surface area contributed by atoms with Crippen LogP contribution in [0, 0.1) is 3.57 Å². The van der Waals surface area contributed by atoms with Crippen LogP contribution in [0.5, 0.6) is 0 Å². The first kappa shape index (κ1) is 15.8. The summed E-state index contributed by atoms with van der Waals surface area (Å²) in [5.41, 5.74) is 1.63. The number of nitrogens with zero attached hydrogens (tertiary/aromatic N) is 1.